The molecule has 0 aromatic heterocycles. The fraction of sp³-hybridized carbons (Fsp3) is 0.571. The Bertz CT molecular complexity index is 544. The molecular formula is C14H23BrN2O2S. The van der Waals surface area contributed by atoms with Gasteiger partial charge in [-0.2, -0.15) is 0 Å². The Balaban J connectivity index is 2.98. The third-order valence-corrected chi connectivity index (χ3v) is 5.51. The number of nitrogens with one attached hydrogen (secondary N) is 2. The van der Waals surface area contributed by atoms with Crippen LogP contribution in [0.2, 0.25) is 0 Å². The third kappa shape index (κ3) is 4.84. The molecule has 0 bridgehead atoms. The molecule has 0 aliphatic rings. The smallest absolute Gasteiger partial charge is 0.240 e. The highest BCUT2D eigenvalue weighted by Gasteiger charge is 2.18. The Hall–Kier alpha value is -0.430. The van der Waals surface area contributed by atoms with Crippen LogP contribution in [0.15, 0.2) is 21.5 Å². The molecule has 0 radical (unpaired) electrons. The Morgan fingerprint density at radius 2 is 1.95 bits per heavy atom. The molecule has 0 aliphatic heterocycles. The number of halogens is 1. The minimum Gasteiger partial charge on any atom is -0.316 e. The average molecular weight is 363 g/mol. The molecule has 1 aromatic carbocycles. The van der Waals surface area contributed by atoms with Crippen molar-refractivity contribution in [2.24, 2.45) is 0 Å². The molecular weight excluding hydrogens is 340 g/mol. The number of hydrogen-bond donors (Lipinski definition) is 2. The lowest BCUT2D eigenvalue weighted by Gasteiger charge is -2.13. The van der Waals surface area contributed by atoms with E-state index in [9.17, 15) is 8.42 Å². The summed E-state index contributed by atoms with van der Waals surface area (Å²) in [4.78, 5) is 0.355. The van der Waals surface area contributed by atoms with Crippen molar-refractivity contribution in [2.75, 3.05) is 13.6 Å². The van der Waals surface area contributed by atoms with Crippen molar-refractivity contribution < 1.29 is 8.42 Å². The topological polar surface area (TPSA) is 58.2 Å². The predicted octanol–water partition coefficient (Wildman–Crippen LogP) is 2.95. The highest BCUT2D eigenvalue weighted by molar-refractivity contribution is 9.10. The minimum atomic E-state index is -3.44. The first kappa shape index (κ1) is 17.6. The zero-order chi connectivity index (χ0) is 15.2. The van der Waals surface area contributed by atoms with Crippen molar-refractivity contribution in [1.29, 1.82) is 0 Å². The fourth-order valence-electron chi connectivity index (χ4n) is 1.95. The highest BCUT2D eigenvalue weighted by atomic mass is 79.9. The molecule has 20 heavy (non-hydrogen) atoms. The molecule has 0 aliphatic carbocycles. The Labute approximate surface area is 130 Å². The second kappa shape index (κ2) is 8.12. The van der Waals surface area contributed by atoms with Gasteiger partial charge in [0.05, 0.1) is 4.90 Å². The van der Waals surface area contributed by atoms with Crippen LogP contribution < -0.4 is 10.0 Å². The molecule has 0 saturated heterocycles. The van der Waals surface area contributed by atoms with E-state index in [1.165, 1.54) is 0 Å². The summed E-state index contributed by atoms with van der Waals surface area (Å²) in [6.07, 6.45) is 2.97. The first-order valence-electron chi connectivity index (χ1n) is 6.85. The second-order valence-corrected chi connectivity index (χ2v) is 7.43. The maximum atomic E-state index is 12.4. The Morgan fingerprint density at radius 3 is 2.55 bits per heavy atom. The lowest BCUT2D eigenvalue weighted by atomic mass is 10.1. The summed E-state index contributed by atoms with van der Waals surface area (Å²) >= 11 is 3.43. The lowest BCUT2D eigenvalue weighted by molar-refractivity contribution is 0.575. The Kier molecular flexibility index (Phi) is 7.15. The lowest BCUT2D eigenvalue weighted by Crippen LogP contribution is -2.26. The molecule has 0 atom stereocenters. The van der Waals surface area contributed by atoms with Crippen LogP contribution >= 0.6 is 15.9 Å². The van der Waals surface area contributed by atoms with Gasteiger partial charge in [0, 0.05) is 17.6 Å². The van der Waals surface area contributed by atoms with Crippen LogP contribution in [0.4, 0.5) is 0 Å². The van der Waals surface area contributed by atoms with Gasteiger partial charge in [0.1, 0.15) is 0 Å². The van der Waals surface area contributed by atoms with Crippen molar-refractivity contribution in [3.05, 3.63) is 27.7 Å². The van der Waals surface area contributed by atoms with Crippen molar-refractivity contribution >= 4 is 26.0 Å². The molecule has 114 valence electrons. The van der Waals surface area contributed by atoms with Gasteiger partial charge in [-0.25, -0.2) is 13.1 Å². The van der Waals surface area contributed by atoms with Gasteiger partial charge in [0.25, 0.3) is 0 Å². The first-order valence-corrected chi connectivity index (χ1v) is 9.13. The van der Waals surface area contributed by atoms with Gasteiger partial charge in [0.2, 0.25) is 10.0 Å². The summed E-state index contributed by atoms with van der Waals surface area (Å²) < 4.78 is 28.2. The molecule has 0 unspecified atom stereocenters. The summed E-state index contributed by atoms with van der Waals surface area (Å²) in [6, 6.07) is 3.68. The summed E-state index contributed by atoms with van der Waals surface area (Å²) in [6.45, 7) is 5.03. The molecule has 0 saturated carbocycles. The summed E-state index contributed by atoms with van der Waals surface area (Å²) in [7, 11) is -1.60. The van der Waals surface area contributed by atoms with E-state index >= 15 is 0 Å². The van der Waals surface area contributed by atoms with E-state index in [0.717, 1.165) is 34.9 Å². The van der Waals surface area contributed by atoms with Crippen molar-refractivity contribution in [3.8, 4) is 0 Å². The summed E-state index contributed by atoms with van der Waals surface area (Å²) in [5.41, 5.74) is 1.69. The van der Waals surface area contributed by atoms with Crippen LogP contribution in [0, 0.1) is 6.92 Å². The van der Waals surface area contributed by atoms with Crippen molar-refractivity contribution in [1.82, 2.24) is 10.0 Å². The van der Waals surface area contributed by atoms with Crippen LogP contribution in [-0.4, -0.2) is 22.0 Å². The monoisotopic (exact) mass is 362 g/mol. The van der Waals surface area contributed by atoms with Crippen LogP contribution in [0.25, 0.3) is 0 Å². The van der Waals surface area contributed by atoms with Gasteiger partial charge in [0.15, 0.2) is 0 Å². The van der Waals surface area contributed by atoms with Gasteiger partial charge in [-0.05, 0) is 43.7 Å². The Morgan fingerprint density at radius 1 is 1.25 bits per heavy atom. The molecule has 0 fully saturated rings. The molecule has 2 N–H and O–H groups in total. The van der Waals surface area contributed by atoms with Gasteiger partial charge >= 0.3 is 0 Å². The van der Waals surface area contributed by atoms with E-state index in [-0.39, 0.29) is 0 Å². The predicted molar refractivity (Wildman–Crippen MR) is 86.4 cm³/mol. The van der Waals surface area contributed by atoms with Crippen LogP contribution in [0.5, 0.6) is 0 Å². The number of benzene rings is 1. The zero-order valence-electron chi connectivity index (χ0n) is 12.3. The summed E-state index contributed by atoms with van der Waals surface area (Å²) in [5, 5.41) is 3.03. The molecule has 0 amide bonds. The van der Waals surface area contributed by atoms with Gasteiger partial charge in [-0.1, -0.05) is 35.7 Å². The third-order valence-electron chi connectivity index (χ3n) is 3.10. The van der Waals surface area contributed by atoms with Crippen LogP contribution in [-0.2, 0) is 16.6 Å². The maximum absolute atomic E-state index is 12.4. The fourth-order valence-corrected chi connectivity index (χ4v) is 3.98. The minimum absolute atomic E-state index is 0.355. The van der Waals surface area contributed by atoms with E-state index < -0.39 is 10.0 Å². The highest BCUT2D eigenvalue weighted by Crippen LogP contribution is 2.25. The van der Waals surface area contributed by atoms with Crippen molar-refractivity contribution in [3.63, 3.8) is 0 Å². The van der Waals surface area contributed by atoms with Crippen LogP contribution in [0.1, 0.15) is 37.3 Å². The molecule has 0 heterocycles. The molecule has 1 rings (SSSR count). The van der Waals surface area contributed by atoms with E-state index in [2.05, 4.69) is 32.9 Å². The maximum Gasteiger partial charge on any atom is 0.240 e. The molecule has 4 nitrogen and oxygen atoms in total. The van der Waals surface area contributed by atoms with Crippen molar-refractivity contribution in [2.45, 2.75) is 44.6 Å². The summed E-state index contributed by atoms with van der Waals surface area (Å²) in [5.74, 6) is 0. The SMILES string of the molecule is CCCCCNS(=O)(=O)c1cc(CNC)cc(Br)c1C. The molecule has 6 heteroatoms. The molecule has 0 spiro atoms. The van der Waals surface area contributed by atoms with E-state index in [4.69, 9.17) is 0 Å². The molecule has 1 aromatic rings. The van der Waals surface area contributed by atoms with Crippen LogP contribution in [0.3, 0.4) is 0 Å². The zero-order valence-corrected chi connectivity index (χ0v) is 14.7. The van der Waals surface area contributed by atoms with E-state index in [1.54, 1.807) is 6.07 Å². The average Bonchev–Trinajstić information content (AvgIpc) is 2.39. The van der Waals surface area contributed by atoms with E-state index in [0.29, 0.717) is 18.0 Å². The first-order chi connectivity index (χ1) is 9.42. The number of hydrogen-bond acceptors (Lipinski definition) is 3. The number of rotatable bonds is 8. The van der Waals surface area contributed by atoms with Gasteiger partial charge < -0.3 is 5.32 Å². The normalized spacial score (nSPS) is 11.8. The largest absolute Gasteiger partial charge is 0.316 e. The van der Waals surface area contributed by atoms with Gasteiger partial charge in [-0.15, -0.1) is 0 Å². The second-order valence-electron chi connectivity index (χ2n) is 4.84. The number of sulfonamides is 1. The number of unbranched alkanes of at least 4 members (excludes halogenated alkanes) is 2. The van der Waals surface area contributed by atoms with E-state index in [1.807, 2.05) is 20.0 Å². The standard InChI is InChI=1S/C14H23BrN2O2S/c1-4-5-6-7-17-20(18,19)14-9-12(10-16-3)8-13(15)11(14)2/h8-9,16-17H,4-7,10H2,1-3H3. The van der Waals surface area contributed by atoms with Gasteiger partial charge in [-0.3, -0.25) is 0 Å². The quantitative estimate of drug-likeness (QED) is 0.699.